The first-order chi connectivity index (χ1) is 16.1. The average Bonchev–Trinajstić information content (AvgIpc) is 3.38. The second-order valence-electron chi connectivity index (χ2n) is 8.03. The predicted molar refractivity (Wildman–Crippen MR) is 120 cm³/mol. The van der Waals surface area contributed by atoms with E-state index in [9.17, 15) is 9.50 Å². The Bertz CT molecular complexity index is 1490. The highest BCUT2D eigenvalue weighted by molar-refractivity contribution is 5.84. The van der Waals surface area contributed by atoms with Gasteiger partial charge in [-0.05, 0) is 29.8 Å². The Morgan fingerprint density at radius 2 is 2.03 bits per heavy atom. The third kappa shape index (κ3) is 3.26. The number of imidazole rings is 1. The normalized spacial score (nSPS) is 14.2. The van der Waals surface area contributed by atoms with Gasteiger partial charge in [-0.3, -0.25) is 0 Å². The van der Waals surface area contributed by atoms with Crippen LogP contribution in [0.5, 0.6) is 5.88 Å². The fourth-order valence-electron chi connectivity index (χ4n) is 4.26. The first-order valence-electron chi connectivity index (χ1n) is 10.5. The second-order valence-corrected chi connectivity index (χ2v) is 8.03. The summed E-state index contributed by atoms with van der Waals surface area (Å²) < 4.78 is 23.2. The molecule has 0 bridgehead atoms. The molecule has 0 amide bonds. The number of aliphatic hydroxyl groups excluding tert-OH is 1. The van der Waals surface area contributed by atoms with Crippen molar-refractivity contribution in [3.05, 3.63) is 66.5 Å². The number of rotatable bonds is 5. The molecule has 1 aliphatic heterocycles. The maximum atomic E-state index is 13.9. The van der Waals surface area contributed by atoms with Gasteiger partial charge in [-0.15, -0.1) is 0 Å². The van der Waals surface area contributed by atoms with Crippen LogP contribution in [0.1, 0.15) is 5.56 Å². The molecule has 5 aromatic rings. The molecule has 166 valence electrons. The molecule has 1 N–H and O–H groups in total. The van der Waals surface area contributed by atoms with Gasteiger partial charge in [-0.1, -0.05) is 12.1 Å². The van der Waals surface area contributed by atoms with E-state index in [4.69, 9.17) is 9.72 Å². The van der Waals surface area contributed by atoms with Crippen molar-refractivity contribution in [3.63, 3.8) is 0 Å². The van der Waals surface area contributed by atoms with Crippen LogP contribution in [-0.4, -0.2) is 60.5 Å². The predicted octanol–water partition coefficient (Wildman–Crippen LogP) is 2.54. The van der Waals surface area contributed by atoms with E-state index in [0.717, 1.165) is 27.8 Å². The van der Waals surface area contributed by atoms with Gasteiger partial charge >= 0.3 is 0 Å². The van der Waals surface area contributed by atoms with Gasteiger partial charge in [-0.2, -0.15) is 9.97 Å². The first kappa shape index (κ1) is 19.6. The standard InChI is InChI=1S/C23H20FN7O2/c1-33-22-20-18(26-13-27-22)5-6-30(20)16-8-19-21(25-9-16)28-23(29-11-17(32)12-29)31(19)10-14-3-2-4-15(24)7-14/h2-9,13,17,32H,10-12H2,1H3. The molecule has 0 spiro atoms. The summed E-state index contributed by atoms with van der Waals surface area (Å²) >= 11 is 0. The highest BCUT2D eigenvalue weighted by atomic mass is 19.1. The number of hydrogen-bond acceptors (Lipinski definition) is 7. The van der Waals surface area contributed by atoms with E-state index >= 15 is 0 Å². The lowest BCUT2D eigenvalue weighted by molar-refractivity contribution is 0.140. The molecule has 5 heterocycles. The van der Waals surface area contributed by atoms with Gasteiger partial charge in [0.15, 0.2) is 5.65 Å². The molecule has 1 saturated heterocycles. The molecule has 6 rings (SSSR count). The lowest BCUT2D eigenvalue weighted by Crippen LogP contribution is -2.51. The van der Waals surface area contributed by atoms with E-state index in [2.05, 4.69) is 15.0 Å². The Morgan fingerprint density at radius 3 is 2.82 bits per heavy atom. The smallest absolute Gasteiger partial charge is 0.241 e. The maximum Gasteiger partial charge on any atom is 0.241 e. The van der Waals surface area contributed by atoms with E-state index in [0.29, 0.717) is 37.1 Å². The van der Waals surface area contributed by atoms with Crippen molar-refractivity contribution in [1.29, 1.82) is 0 Å². The Morgan fingerprint density at radius 1 is 1.15 bits per heavy atom. The van der Waals surface area contributed by atoms with Gasteiger partial charge in [0.1, 0.15) is 17.7 Å². The zero-order valence-electron chi connectivity index (χ0n) is 17.8. The number of ether oxygens (including phenoxy) is 1. The minimum Gasteiger partial charge on any atom is -0.479 e. The number of aromatic nitrogens is 6. The second kappa shape index (κ2) is 7.52. The summed E-state index contributed by atoms with van der Waals surface area (Å²) in [6, 6.07) is 10.4. The number of fused-ring (bicyclic) bond motifs is 2. The molecule has 0 saturated carbocycles. The van der Waals surface area contributed by atoms with Crippen molar-refractivity contribution in [3.8, 4) is 11.6 Å². The van der Waals surface area contributed by atoms with Crippen LogP contribution in [0.2, 0.25) is 0 Å². The lowest BCUT2D eigenvalue weighted by Gasteiger charge is -2.36. The molecule has 10 heteroatoms. The molecule has 1 fully saturated rings. The van der Waals surface area contributed by atoms with Crippen LogP contribution in [0.25, 0.3) is 27.9 Å². The van der Waals surface area contributed by atoms with E-state index in [1.807, 2.05) is 38.4 Å². The topological polar surface area (TPSA) is 94.1 Å². The minimum atomic E-state index is -0.380. The van der Waals surface area contributed by atoms with Gasteiger partial charge in [-0.25, -0.2) is 14.4 Å². The van der Waals surface area contributed by atoms with Gasteiger partial charge < -0.3 is 23.9 Å². The van der Waals surface area contributed by atoms with E-state index < -0.39 is 0 Å². The molecule has 1 aliphatic rings. The summed E-state index contributed by atoms with van der Waals surface area (Å²) in [5, 5.41) is 9.82. The van der Waals surface area contributed by atoms with Gasteiger partial charge in [0.25, 0.3) is 0 Å². The molecule has 1 aromatic carbocycles. The molecular weight excluding hydrogens is 425 g/mol. The van der Waals surface area contributed by atoms with Crippen LogP contribution in [0.15, 0.2) is 55.1 Å². The summed E-state index contributed by atoms with van der Waals surface area (Å²) in [6.45, 7) is 1.41. The zero-order valence-corrected chi connectivity index (χ0v) is 17.8. The van der Waals surface area contributed by atoms with Gasteiger partial charge in [0.05, 0.1) is 42.7 Å². The van der Waals surface area contributed by atoms with Crippen LogP contribution < -0.4 is 9.64 Å². The van der Waals surface area contributed by atoms with Gasteiger partial charge in [0.2, 0.25) is 11.8 Å². The van der Waals surface area contributed by atoms with Crippen molar-refractivity contribution in [2.45, 2.75) is 12.6 Å². The van der Waals surface area contributed by atoms with Gasteiger partial charge in [0, 0.05) is 19.3 Å². The van der Waals surface area contributed by atoms with E-state index in [1.165, 1.54) is 18.5 Å². The van der Waals surface area contributed by atoms with E-state index in [-0.39, 0.29) is 11.9 Å². The van der Waals surface area contributed by atoms with Crippen LogP contribution in [0.3, 0.4) is 0 Å². The van der Waals surface area contributed by atoms with Crippen molar-refractivity contribution in [2.24, 2.45) is 0 Å². The van der Waals surface area contributed by atoms with Crippen LogP contribution in [-0.2, 0) is 6.54 Å². The monoisotopic (exact) mass is 445 g/mol. The highest BCUT2D eigenvalue weighted by Gasteiger charge is 2.29. The Kier molecular flexibility index (Phi) is 4.47. The summed E-state index contributed by atoms with van der Waals surface area (Å²) in [6.07, 6.45) is 4.72. The number of β-amino-alcohol motifs (C(OH)–C–C–N with tert-alkyl or cyclic N) is 1. The molecule has 0 radical (unpaired) electrons. The Hall–Kier alpha value is -4.05. The van der Waals surface area contributed by atoms with Crippen LogP contribution in [0.4, 0.5) is 10.3 Å². The molecule has 0 unspecified atom stereocenters. The summed E-state index contributed by atoms with van der Waals surface area (Å²) in [5.41, 5.74) is 4.47. The number of nitrogens with zero attached hydrogens (tertiary/aromatic N) is 7. The number of methoxy groups -OCH3 is 1. The van der Waals surface area contributed by atoms with Crippen LogP contribution in [0, 0.1) is 5.82 Å². The number of aliphatic hydroxyl groups is 1. The molecule has 33 heavy (non-hydrogen) atoms. The Labute approximate surface area is 187 Å². The summed E-state index contributed by atoms with van der Waals surface area (Å²) in [4.78, 5) is 19.9. The number of halogens is 1. The quantitative estimate of drug-likeness (QED) is 0.444. The highest BCUT2D eigenvalue weighted by Crippen LogP contribution is 2.30. The van der Waals surface area contributed by atoms with Crippen molar-refractivity contribution in [2.75, 3.05) is 25.1 Å². The molecule has 0 atom stereocenters. The number of anilines is 1. The lowest BCUT2D eigenvalue weighted by atomic mass is 10.2. The number of benzene rings is 1. The largest absolute Gasteiger partial charge is 0.479 e. The fourth-order valence-corrected chi connectivity index (χ4v) is 4.26. The summed E-state index contributed by atoms with van der Waals surface area (Å²) in [5.74, 6) is 0.874. The van der Waals surface area contributed by atoms with E-state index in [1.54, 1.807) is 19.4 Å². The molecule has 0 aliphatic carbocycles. The maximum absolute atomic E-state index is 13.9. The molecular formula is C23H20FN7O2. The Balaban J connectivity index is 1.52. The molecule has 9 nitrogen and oxygen atoms in total. The van der Waals surface area contributed by atoms with Crippen molar-refractivity contribution in [1.82, 2.24) is 29.1 Å². The number of hydrogen-bond donors (Lipinski definition) is 1. The zero-order chi connectivity index (χ0) is 22.5. The minimum absolute atomic E-state index is 0.289. The van der Waals surface area contributed by atoms with Crippen LogP contribution >= 0.6 is 0 Å². The summed E-state index contributed by atoms with van der Waals surface area (Å²) in [7, 11) is 1.57. The molecule has 4 aromatic heterocycles. The number of pyridine rings is 1. The van der Waals surface area contributed by atoms with Crippen molar-refractivity contribution < 1.29 is 14.2 Å². The average molecular weight is 445 g/mol. The third-order valence-electron chi connectivity index (χ3n) is 5.86. The van der Waals surface area contributed by atoms with Crippen molar-refractivity contribution >= 4 is 28.1 Å². The SMILES string of the molecule is COc1ncnc2ccn(-c3cnc4nc(N5CC(O)C5)n(Cc5cccc(F)c5)c4c3)c12. The fraction of sp³-hybridized carbons (Fsp3) is 0.217. The third-order valence-corrected chi connectivity index (χ3v) is 5.86. The first-order valence-corrected chi connectivity index (χ1v) is 10.5.